The van der Waals surface area contributed by atoms with Crippen molar-refractivity contribution in [3.8, 4) is 0 Å². The smallest absolute Gasteiger partial charge is 0.223 e. The van der Waals surface area contributed by atoms with Gasteiger partial charge in [-0.1, -0.05) is 6.42 Å². The first-order chi connectivity index (χ1) is 10.2. The fraction of sp³-hybridized carbons (Fsp3) is 0.812. The third kappa shape index (κ3) is 2.47. The molecule has 3 aliphatic rings. The van der Waals surface area contributed by atoms with E-state index in [0.29, 0.717) is 0 Å². The Morgan fingerprint density at radius 1 is 1.19 bits per heavy atom. The highest BCUT2D eigenvalue weighted by Gasteiger charge is 2.48. The van der Waals surface area contributed by atoms with Crippen molar-refractivity contribution in [2.45, 2.75) is 64.5 Å². The summed E-state index contributed by atoms with van der Waals surface area (Å²) in [6.07, 6.45) is 8.21. The third-order valence-corrected chi connectivity index (χ3v) is 5.50. The van der Waals surface area contributed by atoms with Crippen LogP contribution in [0.3, 0.4) is 0 Å². The molecule has 0 aromatic carbocycles. The molecule has 2 aliphatic carbocycles. The Morgan fingerprint density at radius 2 is 2.00 bits per heavy atom. The predicted octanol–water partition coefficient (Wildman–Crippen LogP) is 2.23. The maximum atomic E-state index is 12.4. The van der Waals surface area contributed by atoms with Crippen molar-refractivity contribution in [3.63, 3.8) is 0 Å². The van der Waals surface area contributed by atoms with Crippen LogP contribution in [0, 0.1) is 17.8 Å². The van der Waals surface area contributed by atoms with Gasteiger partial charge in [0.05, 0.1) is 6.04 Å². The number of aryl methyl sites for hydroxylation is 1. The second-order valence-electron chi connectivity index (χ2n) is 7.09. The molecule has 1 aromatic rings. The zero-order valence-electron chi connectivity index (χ0n) is 12.7. The number of rotatable bonds is 3. The molecule has 4 rings (SSSR count). The van der Waals surface area contributed by atoms with Gasteiger partial charge in [0, 0.05) is 18.9 Å². The summed E-state index contributed by atoms with van der Waals surface area (Å²) < 4.78 is 2.23. The Morgan fingerprint density at radius 3 is 2.81 bits per heavy atom. The van der Waals surface area contributed by atoms with E-state index in [1.165, 1.54) is 25.7 Å². The molecule has 1 aliphatic heterocycles. The summed E-state index contributed by atoms with van der Waals surface area (Å²) in [5.41, 5.74) is 0. The Labute approximate surface area is 125 Å². The molecule has 3 unspecified atom stereocenters. The van der Waals surface area contributed by atoms with E-state index >= 15 is 0 Å². The van der Waals surface area contributed by atoms with Crippen molar-refractivity contribution in [3.05, 3.63) is 11.6 Å². The van der Waals surface area contributed by atoms with Gasteiger partial charge in [-0.3, -0.25) is 4.79 Å². The molecule has 1 aromatic heterocycles. The summed E-state index contributed by atoms with van der Waals surface area (Å²) in [6.45, 7) is 3.03. The van der Waals surface area contributed by atoms with Gasteiger partial charge in [-0.15, -0.1) is 10.2 Å². The van der Waals surface area contributed by atoms with E-state index in [4.69, 9.17) is 0 Å². The van der Waals surface area contributed by atoms with E-state index in [0.717, 1.165) is 49.3 Å². The largest absolute Gasteiger partial charge is 0.346 e. The van der Waals surface area contributed by atoms with Gasteiger partial charge in [0.15, 0.2) is 5.82 Å². The number of hydrogen-bond donors (Lipinski definition) is 1. The molecular weight excluding hydrogens is 264 g/mol. The minimum absolute atomic E-state index is 0.0335. The standard InChI is InChI=1S/C16H24N4O/c1-10(17-16(21)13-8-11-7-12(11)9-13)15-19-18-14-5-3-2-4-6-20(14)15/h10-13H,2-9H2,1H3,(H,17,21). The molecule has 114 valence electrons. The summed E-state index contributed by atoms with van der Waals surface area (Å²) in [5.74, 6) is 4.18. The predicted molar refractivity (Wildman–Crippen MR) is 78.5 cm³/mol. The van der Waals surface area contributed by atoms with Crippen LogP contribution in [0.25, 0.3) is 0 Å². The summed E-state index contributed by atoms with van der Waals surface area (Å²) in [7, 11) is 0. The number of aromatic nitrogens is 3. The lowest BCUT2D eigenvalue weighted by Crippen LogP contribution is -2.33. The van der Waals surface area contributed by atoms with Crippen molar-refractivity contribution >= 4 is 5.91 Å². The average Bonchev–Trinajstić information content (AvgIpc) is 2.99. The number of carbonyl (C=O) groups excluding carboxylic acids is 1. The van der Waals surface area contributed by atoms with Crippen molar-refractivity contribution in [1.82, 2.24) is 20.1 Å². The average molecular weight is 288 g/mol. The van der Waals surface area contributed by atoms with E-state index in [2.05, 4.69) is 20.1 Å². The maximum Gasteiger partial charge on any atom is 0.223 e. The molecule has 2 heterocycles. The van der Waals surface area contributed by atoms with E-state index in [-0.39, 0.29) is 17.9 Å². The Kier molecular flexibility index (Phi) is 3.23. The van der Waals surface area contributed by atoms with Gasteiger partial charge in [-0.25, -0.2) is 0 Å². The van der Waals surface area contributed by atoms with Crippen LogP contribution in [0.1, 0.15) is 63.1 Å². The van der Waals surface area contributed by atoms with Crippen LogP contribution >= 0.6 is 0 Å². The molecule has 1 N–H and O–H groups in total. The van der Waals surface area contributed by atoms with Gasteiger partial charge >= 0.3 is 0 Å². The zero-order valence-corrected chi connectivity index (χ0v) is 12.7. The van der Waals surface area contributed by atoms with Gasteiger partial charge < -0.3 is 9.88 Å². The van der Waals surface area contributed by atoms with Gasteiger partial charge in [-0.05, 0) is 50.9 Å². The first-order valence-electron chi connectivity index (χ1n) is 8.44. The van der Waals surface area contributed by atoms with E-state index in [1.807, 2.05) is 6.92 Å². The topological polar surface area (TPSA) is 59.8 Å². The summed E-state index contributed by atoms with van der Waals surface area (Å²) in [5, 5.41) is 11.8. The molecule has 2 saturated carbocycles. The monoisotopic (exact) mass is 288 g/mol. The minimum atomic E-state index is -0.0335. The quantitative estimate of drug-likeness (QED) is 0.928. The molecule has 0 radical (unpaired) electrons. The molecular formula is C16H24N4O. The van der Waals surface area contributed by atoms with Crippen molar-refractivity contribution < 1.29 is 4.79 Å². The summed E-state index contributed by atoms with van der Waals surface area (Å²) in [4.78, 5) is 12.4. The van der Waals surface area contributed by atoms with Crippen LogP contribution in [0.4, 0.5) is 0 Å². The molecule has 0 bridgehead atoms. The fourth-order valence-electron chi connectivity index (χ4n) is 4.15. The maximum absolute atomic E-state index is 12.4. The van der Waals surface area contributed by atoms with Gasteiger partial charge in [-0.2, -0.15) is 0 Å². The van der Waals surface area contributed by atoms with Gasteiger partial charge in [0.1, 0.15) is 5.82 Å². The van der Waals surface area contributed by atoms with Crippen LogP contribution in [-0.2, 0) is 17.8 Å². The Hall–Kier alpha value is -1.39. The lowest BCUT2D eigenvalue weighted by molar-refractivity contribution is -0.125. The van der Waals surface area contributed by atoms with Crippen LogP contribution in [0.15, 0.2) is 0 Å². The van der Waals surface area contributed by atoms with Crippen LogP contribution < -0.4 is 5.32 Å². The highest BCUT2D eigenvalue weighted by Crippen LogP contribution is 2.54. The highest BCUT2D eigenvalue weighted by molar-refractivity contribution is 5.79. The first-order valence-corrected chi connectivity index (χ1v) is 8.44. The molecule has 0 saturated heterocycles. The highest BCUT2D eigenvalue weighted by atomic mass is 16.2. The first kappa shape index (κ1) is 13.3. The third-order valence-electron chi connectivity index (χ3n) is 5.50. The zero-order chi connectivity index (χ0) is 14.4. The molecule has 3 atom stereocenters. The van der Waals surface area contributed by atoms with E-state index in [9.17, 15) is 4.79 Å². The molecule has 21 heavy (non-hydrogen) atoms. The summed E-state index contributed by atoms with van der Waals surface area (Å²) >= 11 is 0. The fourth-order valence-corrected chi connectivity index (χ4v) is 4.15. The SMILES string of the molecule is CC(NC(=O)C1CC2CC2C1)c1nnc2n1CCCCC2. The van der Waals surface area contributed by atoms with Crippen molar-refractivity contribution in [1.29, 1.82) is 0 Å². The van der Waals surface area contributed by atoms with E-state index in [1.54, 1.807) is 0 Å². The minimum Gasteiger partial charge on any atom is -0.346 e. The van der Waals surface area contributed by atoms with E-state index < -0.39 is 0 Å². The number of hydrogen-bond acceptors (Lipinski definition) is 3. The molecule has 1 amide bonds. The van der Waals surface area contributed by atoms with Gasteiger partial charge in [0.2, 0.25) is 5.91 Å². The Balaban J connectivity index is 1.43. The molecule has 5 nitrogen and oxygen atoms in total. The molecule has 2 fully saturated rings. The van der Waals surface area contributed by atoms with Crippen LogP contribution in [0.5, 0.6) is 0 Å². The Bertz CT molecular complexity index is 542. The number of carbonyl (C=O) groups is 1. The van der Waals surface area contributed by atoms with Crippen molar-refractivity contribution in [2.75, 3.05) is 0 Å². The molecule has 5 heteroatoms. The second-order valence-corrected chi connectivity index (χ2v) is 7.09. The lowest BCUT2D eigenvalue weighted by atomic mass is 10.0. The number of fused-ring (bicyclic) bond motifs is 2. The van der Waals surface area contributed by atoms with Crippen molar-refractivity contribution in [2.24, 2.45) is 17.8 Å². The second kappa shape index (κ2) is 5.11. The van der Waals surface area contributed by atoms with Gasteiger partial charge in [0.25, 0.3) is 0 Å². The lowest BCUT2D eigenvalue weighted by Gasteiger charge is -2.18. The number of nitrogens with one attached hydrogen (secondary N) is 1. The molecule has 0 spiro atoms. The van der Waals surface area contributed by atoms with Crippen LogP contribution in [0.2, 0.25) is 0 Å². The normalized spacial score (nSPS) is 32.0. The number of nitrogens with zero attached hydrogens (tertiary/aromatic N) is 3. The van der Waals surface area contributed by atoms with Crippen LogP contribution in [-0.4, -0.2) is 20.7 Å². The number of amides is 1. The summed E-state index contributed by atoms with van der Waals surface area (Å²) in [6, 6.07) is -0.0335.